The highest BCUT2D eigenvalue weighted by atomic mass is 32.1. The van der Waals surface area contributed by atoms with E-state index in [4.69, 9.17) is 19.0 Å². The fourth-order valence-electron chi connectivity index (χ4n) is 2.61. The predicted octanol–water partition coefficient (Wildman–Crippen LogP) is 3.67. The first-order valence-electron chi connectivity index (χ1n) is 9.52. The van der Waals surface area contributed by atoms with Gasteiger partial charge in [0.2, 0.25) is 0 Å². The van der Waals surface area contributed by atoms with Gasteiger partial charge in [0.15, 0.2) is 11.6 Å². The second kappa shape index (κ2) is 13.1. The summed E-state index contributed by atoms with van der Waals surface area (Å²) in [5.41, 5.74) is 0.880. The fraction of sp³-hybridized carbons (Fsp3) is 0.714. The van der Waals surface area contributed by atoms with Crippen LogP contribution in [-0.2, 0) is 23.8 Å². The normalized spacial score (nSPS) is 24.6. The Morgan fingerprint density at radius 2 is 1.82 bits per heavy atom. The number of hydrogen-bond acceptors (Lipinski definition) is 6. The van der Waals surface area contributed by atoms with E-state index in [0.29, 0.717) is 6.61 Å². The molecule has 0 amide bonds. The van der Waals surface area contributed by atoms with E-state index in [1.54, 1.807) is 6.20 Å². The van der Waals surface area contributed by atoms with Crippen LogP contribution >= 0.6 is 13.5 Å². The van der Waals surface area contributed by atoms with Gasteiger partial charge in [-0.25, -0.2) is 0 Å². The predicted molar refractivity (Wildman–Crippen MR) is 118 cm³/mol. The second-order valence-corrected chi connectivity index (χ2v) is 7.54. The van der Waals surface area contributed by atoms with Crippen LogP contribution < -0.4 is 5.32 Å². The molecular formula is C21H39NO5S. The molecule has 0 aromatic heterocycles. The molecular weight excluding hydrogens is 378 g/mol. The number of fused-ring (bicyclic) bond motifs is 1. The summed E-state index contributed by atoms with van der Waals surface area (Å²) >= 11 is 0. The average Bonchev–Trinajstić information content (AvgIpc) is 3.01. The number of carbonyl (C=O) groups excluding carboxylic acids is 2. The Bertz CT molecular complexity index is 537. The van der Waals surface area contributed by atoms with Gasteiger partial charge in [0, 0.05) is 6.20 Å². The van der Waals surface area contributed by atoms with Gasteiger partial charge in [-0.3, -0.25) is 4.79 Å². The van der Waals surface area contributed by atoms with E-state index in [0.717, 1.165) is 11.9 Å². The summed E-state index contributed by atoms with van der Waals surface area (Å²) < 4.78 is 17.9. The van der Waals surface area contributed by atoms with Crippen LogP contribution in [0.15, 0.2) is 23.9 Å². The van der Waals surface area contributed by atoms with Gasteiger partial charge >= 0.3 is 0 Å². The van der Waals surface area contributed by atoms with Crippen molar-refractivity contribution in [2.75, 3.05) is 6.61 Å². The molecule has 0 spiro atoms. The number of aldehydes is 1. The summed E-state index contributed by atoms with van der Waals surface area (Å²) in [6.07, 6.45) is 5.79. The van der Waals surface area contributed by atoms with Gasteiger partial charge in [0.25, 0.3) is 0 Å². The second-order valence-electron chi connectivity index (χ2n) is 7.54. The number of allylic oxidation sites excluding steroid dienone is 1. The first-order chi connectivity index (χ1) is 12.5. The monoisotopic (exact) mass is 417 g/mol. The minimum Gasteiger partial charge on any atom is -0.382 e. The van der Waals surface area contributed by atoms with Gasteiger partial charge < -0.3 is 24.3 Å². The lowest BCUT2D eigenvalue weighted by atomic mass is 10.1. The summed E-state index contributed by atoms with van der Waals surface area (Å²) in [5, 5.41) is 3.21. The van der Waals surface area contributed by atoms with Crippen molar-refractivity contribution in [3.05, 3.63) is 23.9 Å². The number of nitrogens with one attached hydrogen (secondary N) is 1. The van der Waals surface area contributed by atoms with Crippen LogP contribution in [0.4, 0.5) is 0 Å². The molecule has 1 N–H and O–H groups in total. The van der Waals surface area contributed by atoms with Gasteiger partial charge in [-0.1, -0.05) is 19.9 Å². The molecule has 0 aromatic rings. The van der Waals surface area contributed by atoms with E-state index >= 15 is 0 Å². The van der Waals surface area contributed by atoms with Crippen molar-refractivity contribution in [3.8, 4) is 0 Å². The molecule has 0 radical (unpaired) electrons. The maximum Gasteiger partial charge on any atom is 0.164 e. The van der Waals surface area contributed by atoms with Crippen molar-refractivity contribution in [2.45, 2.75) is 92.0 Å². The first kappa shape index (κ1) is 29.1. The quantitative estimate of drug-likeness (QED) is 0.418. The highest BCUT2D eigenvalue weighted by Crippen LogP contribution is 2.38. The van der Waals surface area contributed by atoms with E-state index in [9.17, 15) is 4.79 Å². The van der Waals surface area contributed by atoms with Crippen molar-refractivity contribution in [3.63, 3.8) is 0 Å². The third-order valence-electron chi connectivity index (χ3n) is 3.52. The van der Waals surface area contributed by atoms with Crippen molar-refractivity contribution in [1.82, 2.24) is 5.32 Å². The fourth-order valence-corrected chi connectivity index (χ4v) is 2.61. The number of carbonyl (C=O) groups is 2. The Hall–Kier alpha value is -1.15. The van der Waals surface area contributed by atoms with Crippen LogP contribution in [0.1, 0.15) is 62.3 Å². The molecule has 0 aromatic carbocycles. The molecule has 1 fully saturated rings. The molecule has 0 bridgehead atoms. The van der Waals surface area contributed by atoms with Crippen LogP contribution in [0, 0.1) is 0 Å². The number of ketones is 1. The third kappa shape index (κ3) is 10.4. The Kier molecular flexibility index (Phi) is 13.6. The van der Waals surface area contributed by atoms with Crippen molar-refractivity contribution in [2.24, 2.45) is 0 Å². The van der Waals surface area contributed by atoms with Crippen LogP contribution in [0.3, 0.4) is 0 Å². The largest absolute Gasteiger partial charge is 0.382 e. The summed E-state index contributed by atoms with van der Waals surface area (Å²) in [6.45, 7) is 17.4. The molecule has 3 atom stereocenters. The Morgan fingerprint density at radius 3 is 2.29 bits per heavy atom. The van der Waals surface area contributed by atoms with Gasteiger partial charge in [-0.05, 0) is 60.1 Å². The van der Waals surface area contributed by atoms with Crippen molar-refractivity contribution in [1.29, 1.82) is 0 Å². The van der Waals surface area contributed by atoms with Gasteiger partial charge in [-0.15, -0.1) is 0 Å². The molecule has 164 valence electrons. The summed E-state index contributed by atoms with van der Waals surface area (Å²) in [5.74, 6) is -0.605. The molecule has 1 saturated heterocycles. The van der Waals surface area contributed by atoms with E-state index < -0.39 is 5.79 Å². The summed E-state index contributed by atoms with van der Waals surface area (Å²) in [4.78, 5) is 19.8. The van der Waals surface area contributed by atoms with E-state index in [1.807, 2.05) is 48.5 Å². The topological polar surface area (TPSA) is 73.9 Å². The molecule has 0 saturated carbocycles. The minimum absolute atomic E-state index is 0. The number of hydrogen-bond donors (Lipinski definition) is 1. The lowest BCUT2D eigenvalue weighted by Gasteiger charge is -2.22. The van der Waals surface area contributed by atoms with Crippen molar-refractivity contribution >= 4 is 25.6 Å². The maximum atomic E-state index is 11.0. The highest BCUT2D eigenvalue weighted by molar-refractivity contribution is 7.59. The molecule has 1 aliphatic heterocycles. The molecule has 1 aliphatic carbocycles. The SMILES string of the molecule is CC.CC(=O)/C=C\NC1C=C(COC(C)(C)C)C2OC(C)(C)OC12.CC=O.S. The lowest BCUT2D eigenvalue weighted by Crippen LogP contribution is -2.38. The minimum atomic E-state index is -0.610. The molecule has 6 nitrogen and oxygen atoms in total. The number of ether oxygens (including phenoxy) is 3. The van der Waals surface area contributed by atoms with Crippen LogP contribution in [-0.4, -0.2) is 48.3 Å². The Balaban J connectivity index is 0. The van der Waals surface area contributed by atoms with Crippen molar-refractivity contribution < 1.29 is 23.8 Å². The van der Waals surface area contributed by atoms with Gasteiger partial charge in [-0.2, -0.15) is 13.5 Å². The molecule has 2 rings (SSSR count). The van der Waals surface area contributed by atoms with E-state index in [1.165, 1.54) is 19.9 Å². The number of rotatable bonds is 5. The zero-order valence-corrected chi connectivity index (χ0v) is 19.8. The summed E-state index contributed by atoms with van der Waals surface area (Å²) in [7, 11) is 0. The molecule has 3 unspecified atom stereocenters. The van der Waals surface area contributed by atoms with Crippen LogP contribution in [0.25, 0.3) is 0 Å². The van der Waals surface area contributed by atoms with Gasteiger partial charge in [0.05, 0.1) is 18.2 Å². The molecule has 7 heteroatoms. The smallest absolute Gasteiger partial charge is 0.164 e. The van der Waals surface area contributed by atoms with Gasteiger partial charge in [0.1, 0.15) is 18.5 Å². The zero-order valence-electron chi connectivity index (χ0n) is 18.8. The first-order valence-corrected chi connectivity index (χ1v) is 9.52. The Labute approximate surface area is 177 Å². The Morgan fingerprint density at radius 1 is 1.29 bits per heavy atom. The average molecular weight is 418 g/mol. The molecule has 2 aliphatic rings. The molecule has 1 heterocycles. The highest BCUT2D eigenvalue weighted by Gasteiger charge is 2.49. The standard InChI is InChI=1S/C17H27NO4.C2H4O.C2H6.H2S/c1-11(19)7-8-18-13-9-12(10-20-16(2,3)4)14-15(13)22-17(5,6)21-14;1-2-3;1-2;/h7-9,13-15,18H,10H2,1-6H3;2H,1H3;1-2H3;1H2/b8-7-;;;. The lowest BCUT2D eigenvalue weighted by molar-refractivity contribution is -0.147. The third-order valence-corrected chi connectivity index (χ3v) is 3.52. The summed E-state index contributed by atoms with van der Waals surface area (Å²) in [6, 6.07) is -0.0269. The van der Waals surface area contributed by atoms with E-state index in [-0.39, 0.29) is 43.1 Å². The van der Waals surface area contributed by atoms with Crippen LogP contribution in [0.2, 0.25) is 0 Å². The van der Waals surface area contributed by atoms with E-state index in [2.05, 4.69) is 11.4 Å². The van der Waals surface area contributed by atoms with Crippen LogP contribution in [0.5, 0.6) is 0 Å². The zero-order chi connectivity index (χ0) is 21.3. The molecule has 28 heavy (non-hydrogen) atoms. The maximum absolute atomic E-state index is 11.0.